The summed E-state index contributed by atoms with van der Waals surface area (Å²) in [7, 11) is 0. The highest BCUT2D eigenvalue weighted by molar-refractivity contribution is 8.27. The van der Waals surface area contributed by atoms with Gasteiger partial charge in [-0.3, -0.25) is 9.69 Å². The van der Waals surface area contributed by atoms with E-state index in [1.165, 1.54) is 30.3 Å². The summed E-state index contributed by atoms with van der Waals surface area (Å²) < 4.78 is 14.0. The van der Waals surface area contributed by atoms with Gasteiger partial charge < -0.3 is 10.2 Å². The molecule has 0 bridgehead atoms. The maximum Gasteiger partial charge on any atom is 0.339 e. The molecule has 0 unspecified atom stereocenters. The fourth-order valence-electron chi connectivity index (χ4n) is 2.26. The number of thioether (sulfide) groups is 1. The van der Waals surface area contributed by atoms with Gasteiger partial charge in [-0.15, -0.1) is 0 Å². The first-order valence-corrected chi connectivity index (χ1v) is 8.20. The van der Waals surface area contributed by atoms with Gasteiger partial charge in [-0.05, 0) is 30.3 Å². The molecule has 3 rings (SSSR count). The first kappa shape index (κ1) is 17.1. The number of amides is 1. The number of nitrogens with zero attached hydrogens (tertiary/aromatic N) is 1. The first-order chi connectivity index (χ1) is 11.9. The van der Waals surface area contributed by atoms with Crippen molar-refractivity contribution in [3.63, 3.8) is 0 Å². The number of carboxylic acids is 1. The Morgan fingerprint density at radius 2 is 1.96 bits per heavy atom. The second-order valence-electron chi connectivity index (χ2n) is 5.05. The predicted molar refractivity (Wildman–Crippen MR) is 97.1 cm³/mol. The number of carbonyl (C=O) groups excluding carboxylic acids is 1. The third-order valence-electron chi connectivity index (χ3n) is 3.45. The predicted octanol–water partition coefficient (Wildman–Crippen LogP) is 3.64. The molecule has 25 heavy (non-hydrogen) atoms. The highest BCUT2D eigenvalue weighted by atomic mass is 32.2. The number of anilines is 1. The molecule has 0 spiro atoms. The Hall–Kier alpha value is -2.71. The van der Waals surface area contributed by atoms with Gasteiger partial charge in [0.1, 0.15) is 17.1 Å². The number of aromatic hydroxyl groups is 1. The lowest BCUT2D eigenvalue weighted by Gasteiger charge is -2.15. The van der Waals surface area contributed by atoms with E-state index >= 15 is 0 Å². The van der Waals surface area contributed by atoms with Crippen molar-refractivity contribution in [3.05, 3.63) is 64.3 Å². The van der Waals surface area contributed by atoms with E-state index in [2.05, 4.69) is 0 Å². The van der Waals surface area contributed by atoms with Crippen molar-refractivity contribution in [1.29, 1.82) is 0 Å². The average molecular weight is 375 g/mol. The molecule has 126 valence electrons. The molecular formula is C17H10FNO4S2. The maximum atomic E-state index is 13.8. The SMILES string of the molecule is O=C(O)c1cc(N2C(=O)C(=Cc3ccccc3F)SC2=S)ccc1O. The van der Waals surface area contributed by atoms with Crippen molar-refractivity contribution in [2.45, 2.75) is 0 Å². The van der Waals surface area contributed by atoms with Crippen molar-refractivity contribution in [3.8, 4) is 5.75 Å². The average Bonchev–Trinajstić information content (AvgIpc) is 2.84. The van der Waals surface area contributed by atoms with Crippen molar-refractivity contribution >= 4 is 51.9 Å². The Kier molecular flexibility index (Phi) is 4.56. The zero-order chi connectivity index (χ0) is 18.1. The number of thiocarbonyl (C=S) groups is 1. The molecule has 2 aromatic rings. The number of phenols is 1. The van der Waals surface area contributed by atoms with E-state index in [0.29, 0.717) is 0 Å². The van der Waals surface area contributed by atoms with Crippen molar-refractivity contribution < 1.29 is 24.2 Å². The van der Waals surface area contributed by atoms with E-state index in [9.17, 15) is 19.1 Å². The fraction of sp³-hybridized carbons (Fsp3) is 0. The smallest absolute Gasteiger partial charge is 0.339 e. The van der Waals surface area contributed by atoms with E-state index in [-0.39, 0.29) is 26.0 Å². The molecular weight excluding hydrogens is 365 g/mol. The zero-order valence-corrected chi connectivity index (χ0v) is 14.1. The van der Waals surface area contributed by atoms with E-state index in [0.717, 1.165) is 22.7 Å². The van der Waals surface area contributed by atoms with Crippen LogP contribution in [0, 0.1) is 5.82 Å². The summed E-state index contributed by atoms with van der Waals surface area (Å²) in [5, 5.41) is 18.7. The van der Waals surface area contributed by atoms with Crippen LogP contribution in [0.2, 0.25) is 0 Å². The molecule has 2 N–H and O–H groups in total. The van der Waals surface area contributed by atoms with Crippen LogP contribution >= 0.6 is 24.0 Å². The lowest BCUT2D eigenvalue weighted by atomic mass is 10.1. The summed E-state index contributed by atoms with van der Waals surface area (Å²) in [5.74, 6) is -2.69. The molecule has 2 aromatic carbocycles. The molecule has 0 radical (unpaired) electrons. The summed E-state index contributed by atoms with van der Waals surface area (Å²) >= 11 is 6.18. The number of hydrogen-bond donors (Lipinski definition) is 2. The topological polar surface area (TPSA) is 77.8 Å². The minimum atomic E-state index is -1.33. The second-order valence-corrected chi connectivity index (χ2v) is 6.72. The van der Waals surface area contributed by atoms with Crippen LogP contribution in [0.25, 0.3) is 6.08 Å². The van der Waals surface area contributed by atoms with Gasteiger partial charge in [0.05, 0.1) is 10.6 Å². The van der Waals surface area contributed by atoms with E-state index in [1.54, 1.807) is 12.1 Å². The standard InChI is InChI=1S/C17H10FNO4S2/c18-12-4-2-1-3-9(12)7-14-15(21)19(17(24)25-14)10-5-6-13(20)11(8-10)16(22)23/h1-8,20H,(H,22,23). The number of carboxylic acid groups (broad SMARTS) is 1. The van der Waals surface area contributed by atoms with Gasteiger partial charge in [0, 0.05) is 5.56 Å². The summed E-state index contributed by atoms with van der Waals surface area (Å²) in [5.41, 5.74) is 0.124. The Balaban J connectivity index is 1.99. The maximum absolute atomic E-state index is 13.8. The van der Waals surface area contributed by atoms with Gasteiger partial charge in [0.25, 0.3) is 5.91 Å². The Morgan fingerprint density at radius 1 is 1.24 bits per heavy atom. The van der Waals surface area contributed by atoms with Crippen LogP contribution < -0.4 is 4.90 Å². The molecule has 0 saturated carbocycles. The summed E-state index contributed by atoms with van der Waals surface area (Å²) in [6.45, 7) is 0. The number of rotatable bonds is 3. The van der Waals surface area contributed by atoms with Gasteiger partial charge in [0.2, 0.25) is 0 Å². The minimum Gasteiger partial charge on any atom is -0.507 e. The van der Waals surface area contributed by atoms with Crippen molar-refractivity contribution in [2.24, 2.45) is 0 Å². The molecule has 5 nitrogen and oxygen atoms in total. The molecule has 8 heteroatoms. The Bertz CT molecular complexity index is 942. The largest absolute Gasteiger partial charge is 0.507 e. The summed E-state index contributed by atoms with van der Waals surface area (Å²) in [6, 6.07) is 9.73. The van der Waals surface area contributed by atoms with Crippen LogP contribution in [0.5, 0.6) is 5.75 Å². The van der Waals surface area contributed by atoms with E-state index in [1.807, 2.05) is 0 Å². The Labute approximate surface area is 151 Å². The van der Waals surface area contributed by atoms with Crippen LogP contribution in [0.15, 0.2) is 47.4 Å². The lowest BCUT2D eigenvalue weighted by Crippen LogP contribution is -2.27. The lowest BCUT2D eigenvalue weighted by molar-refractivity contribution is -0.113. The molecule has 0 atom stereocenters. The number of hydrogen-bond acceptors (Lipinski definition) is 5. The monoisotopic (exact) mass is 375 g/mol. The molecule has 1 saturated heterocycles. The van der Waals surface area contributed by atoms with Gasteiger partial charge in [-0.2, -0.15) is 0 Å². The molecule has 1 aliphatic rings. The highest BCUT2D eigenvalue weighted by Gasteiger charge is 2.34. The quantitative estimate of drug-likeness (QED) is 0.630. The number of benzene rings is 2. The number of halogens is 1. The second kappa shape index (κ2) is 6.66. The fourth-order valence-corrected chi connectivity index (χ4v) is 3.55. The third kappa shape index (κ3) is 3.26. The molecule has 1 heterocycles. The molecule has 0 aliphatic carbocycles. The zero-order valence-electron chi connectivity index (χ0n) is 12.5. The van der Waals surface area contributed by atoms with Crippen LogP contribution in [0.4, 0.5) is 10.1 Å². The molecule has 0 aromatic heterocycles. The highest BCUT2D eigenvalue weighted by Crippen LogP contribution is 2.37. The first-order valence-electron chi connectivity index (χ1n) is 6.97. The third-order valence-corrected chi connectivity index (χ3v) is 4.76. The van der Waals surface area contributed by atoms with Gasteiger partial charge in [0.15, 0.2) is 4.32 Å². The molecule has 1 fully saturated rings. The minimum absolute atomic E-state index is 0.189. The van der Waals surface area contributed by atoms with Gasteiger partial charge >= 0.3 is 5.97 Å². The van der Waals surface area contributed by atoms with E-state index < -0.39 is 23.4 Å². The van der Waals surface area contributed by atoms with Crippen molar-refractivity contribution in [1.82, 2.24) is 0 Å². The number of carbonyl (C=O) groups is 2. The van der Waals surface area contributed by atoms with Crippen LogP contribution in [0.1, 0.15) is 15.9 Å². The Morgan fingerprint density at radius 3 is 2.64 bits per heavy atom. The van der Waals surface area contributed by atoms with Crippen LogP contribution in [-0.4, -0.2) is 26.4 Å². The summed E-state index contributed by atoms with van der Waals surface area (Å²) in [4.78, 5) is 25.1. The van der Waals surface area contributed by atoms with Gasteiger partial charge in [-0.1, -0.05) is 42.2 Å². The van der Waals surface area contributed by atoms with Crippen molar-refractivity contribution in [2.75, 3.05) is 4.90 Å². The molecule has 1 aliphatic heterocycles. The summed E-state index contributed by atoms with van der Waals surface area (Å²) in [6.07, 6.45) is 1.40. The molecule has 1 amide bonds. The van der Waals surface area contributed by atoms with Gasteiger partial charge in [-0.25, -0.2) is 9.18 Å². The van der Waals surface area contributed by atoms with Crippen LogP contribution in [0.3, 0.4) is 0 Å². The van der Waals surface area contributed by atoms with E-state index in [4.69, 9.17) is 17.3 Å². The number of aromatic carboxylic acids is 1. The van der Waals surface area contributed by atoms with Crippen LogP contribution in [-0.2, 0) is 4.79 Å². The normalized spacial score (nSPS) is 15.9.